The molecule has 1 aromatic carbocycles. The molecule has 106 valence electrons. The standard InChI is InChI=1S/C16H20N2O2/c17-10-16(13-5-6-13,18-14-7-8-14)11-20-15-4-2-1-3-12(15)9-19/h1-4,13-14,18-19H,5-9,11H2. The van der Waals surface area contributed by atoms with E-state index >= 15 is 0 Å². The summed E-state index contributed by atoms with van der Waals surface area (Å²) in [5.74, 6) is 1.07. The minimum atomic E-state index is -0.566. The summed E-state index contributed by atoms with van der Waals surface area (Å²) in [4.78, 5) is 0. The van der Waals surface area contributed by atoms with Crippen LogP contribution in [0.1, 0.15) is 31.2 Å². The number of nitriles is 1. The minimum Gasteiger partial charge on any atom is -0.490 e. The van der Waals surface area contributed by atoms with Gasteiger partial charge in [-0.1, -0.05) is 18.2 Å². The van der Waals surface area contributed by atoms with Crippen molar-refractivity contribution in [3.05, 3.63) is 29.8 Å². The third-order valence-corrected chi connectivity index (χ3v) is 4.11. The molecule has 0 bridgehead atoms. The van der Waals surface area contributed by atoms with Crippen LogP contribution in [0.3, 0.4) is 0 Å². The van der Waals surface area contributed by atoms with Crippen LogP contribution in [0.2, 0.25) is 0 Å². The van der Waals surface area contributed by atoms with Crippen molar-refractivity contribution in [2.45, 2.75) is 43.9 Å². The van der Waals surface area contributed by atoms with E-state index in [2.05, 4.69) is 11.4 Å². The first-order valence-corrected chi connectivity index (χ1v) is 7.28. The molecule has 2 aliphatic carbocycles. The van der Waals surface area contributed by atoms with Crippen molar-refractivity contribution in [2.75, 3.05) is 6.61 Å². The highest BCUT2D eigenvalue weighted by Crippen LogP contribution is 2.41. The van der Waals surface area contributed by atoms with E-state index in [1.165, 1.54) is 0 Å². The molecule has 2 aliphatic rings. The number of aliphatic hydroxyl groups is 1. The predicted molar refractivity (Wildman–Crippen MR) is 75.1 cm³/mol. The van der Waals surface area contributed by atoms with Crippen molar-refractivity contribution in [3.63, 3.8) is 0 Å². The van der Waals surface area contributed by atoms with E-state index in [0.29, 0.717) is 24.3 Å². The van der Waals surface area contributed by atoms with Crippen LogP contribution in [0.4, 0.5) is 0 Å². The fraction of sp³-hybridized carbons (Fsp3) is 0.562. The highest BCUT2D eigenvalue weighted by molar-refractivity contribution is 5.33. The van der Waals surface area contributed by atoms with E-state index in [1.807, 2.05) is 24.3 Å². The molecular formula is C16H20N2O2. The molecule has 1 atom stereocenters. The number of hydrogen-bond acceptors (Lipinski definition) is 4. The summed E-state index contributed by atoms with van der Waals surface area (Å²) in [7, 11) is 0. The molecule has 4 heteroatoms. The van der Waals surface area contributed by atoms with Gasteiger partial charge in [-0.05, 0) is 37.7 Å². The van der Waals surface area contributed by atoms with Gasteiger partial charge in [0.2, 0.25) is 0 Å². The Hall–Kier alpha value is -1.57. The summed E-state index contributed by atoms with van der Waals surface area (Å²) < 4.78 is 5.87. The fourth-order valence-electron chi connectivity index (χ4n) is 2.57. The van der Waals surface area contributed by atoms with Crippen LogP contribution < -0.4 is 10.1 Å². The van der Waals surface area contributed by atoms with Crippen LogP contribution in [0.5, 0.6) is 5.75 Å². The molecule has 2 N–H and O–H groups in total. The molecule has 0 amide bonds. The normalized spacial score (nSPS) is 21.0. The summed E-state index contributed by atoms with van der Waals surface area (Å²) in [6, 6.07) is 10.4. The average molecular weight is 272 g/mol. The first-order valence-electron chi connectivity index (χ1n) is 7.28. The molecule has 2 saturated carbocycles. The smallest absolute Gasteiger partial charge is 0.144 e. The van der Waals surface area contributed by atoms with Crippen LogP contribution in [-0.4, -0.2) is 23.3 Å². The second-order valence-electron chi connectivity index (χ2n) is 5.83. The molecule has 4 nitrogen and oxygen atoms in total. The highest BCUT2D eigenvalue weighted by atomic mass is 16.5. The molecule has 3 rings (SSSR count). The Kier molecular flexibility index (Phi) is 3.64. The molecule has 1 aromatic rings. The summed E-state index contributed by atoms with van der Waals surface area (Å²) in [6.45, 7) is 0.302. The lowest BCUT2D eigenvalue weighted by molar-refractivity contribution is 0.193. The van der Waals surface area contributed by atoms with Gasteiger partial charge >= 0.3 is 0 Å². The zero-order chi connectivity index (χ0) is 14.0. The lowest BCUT2D eigenvalue weighted by Gasteiger charge is -2.28. The van der Waals surface area contributed by atoms with Gasteiger partial charge in [0.1, 0.15) is 17.9 Å². The van der Waals surface area contributed by atoms with Crippen molar-refractivity contribution < 1.29 is 9.84 Å². The van der Waals surface area contributed by atoms with Crippen molar-refractivity contribution >= 4 is 0 Å². The molecule has 0 saturated heterocycles. The van der Waals surface area contributed by atoms with Gasteiger partial charge in [-0.2, -0.15) is 5.26 Å². The van der Waals surface area contributed by atoms with Crippen LogP contribution >= 0.6 is 0 Å². The van der Waals surface area contributed by atoms with Crippen LogP contribution in [0, 0.1) is 17.2 Å². The Morgan fingerprint density at radius 2 is 2.05 bits per heavy atom. The summed E-state index contributed by atoms with van der Waals surface area (Å²) in [5, 5.41) is 22.4. The molecule has 0 heterocycles. The van der Waals surface area contributed by atoms with Crippen LogP contribution in [-0.2, 0) is 6.61 Å². The molecule has 1 unspecified atom stereocenters. The van der Waals surface area contributed by atoms with E-state index in [-0.39, 0.29) is 6.61 Å². The van der Waals surface area contributed by atoms with E-state index < -0.39 is 5.54 Å². The van der Waals surface area contributed by atoms with Gasteiger partial charge in [0.05, 0.1) is 12.7 Å². The maximum Gasteiger partial charge on any atom is 0.144 e. The zero-order valence-corrected chi connectivity index (χ0v) is 11.5. The first kappa shape index (κ1) is 13.4. The van der Waals surface area contributed by atoms with E-state index in [0.717, 1.165) is 31.2 Å². The van der Waals surface area contributed by atoms with Gasteiger partial charge in [0.15, 0.2) is 0 Å². The summed E-state index contributed by atoms with van der Waals surface area (Å²) in [5.41, 5.74) is 0.200. The number of para-hydroxylation sites is 1. The Labute approximate surface area is 119 Å². The maximum absolute atomic E-state index is 9.63. The number of aliphatic hydroxyl groups excluding tert-OH is 1. The Morgan fingerprint density at radius 3 is 2.65 bits per heavy atom. The van der Waals surface area contributed by atoms with Gasteiger partial charge in [0, 0.05) is 11.6 Å². The molecule has 2 fully saturated rings. The third-order valence-electron chi connectivity index (χ3n) is 4.11. The SMILES string of the molecule is N#CC(COc1ccccc1CO)(NC1CC1)C1CC1. The highest BCUT2D eigenvalue weighted by Gasteiger charge is 2.49. The monoisotopic (exact) mass is 272 g/mol. The molecule has 0 radical (unpaired) electrons. The summed E-state index contributed by atoms with van der Waals surface area (Å²) >= 11 is 0. The quantitative estimate of drug-likeness (QED) is 0.796. The van der Waals surface area contributed by atoms with Gasteiger partial charge < -0.3 is 9.84 Å². The van der Waals surface area contributed by atoms with Crippen LogP contribution in [0.15, 0.2) is 24.3 Å². The second-order valence-corrected chi connectivity index (χ2v) is 5.83. The topological polar surface area (TPSA) is 65.3 Å². The maximum atomic E-state index is 9.63. The molecular weight excluding hydrogens is 252 g/mol. The number of nitrogens with zero attached hydrogens (tertiary/aromatic N) is 1. The largest absolute Gasteiger partial charge is 0.490 e. The number of rotatable bonds is 7. The van der Waals surface area contributed by atoms with Crippen molar-refractivity contribution in [2.24, 2.45) is 5.92 Å². The van der Waals surface area contributed by atoms with Gasteiger partial charge in [-0.15, -0.1) is 0 Å². The lowest BCUT2D eigenvalue weighted by Crippen LogP contribution is -2.52. The van der Waals surface area contributed by atoms with E-state index in [9.17, 15) is 10.4 Å². The Bertz CT molecular complexity index is 517. The average Bonchev–Trinajstić information content (AvgIpc) is 3.37. The predicted octanol–water partition coefficient (Wildman–Crippen LogP) is 1.98. The van der Waals surface area contributed by atoms with Gasteiger partial charge in [-0.25, -0.2) is 0 Å². The first-order chi connectivity index (χ1) is 9.77. The van der Waals surface area contributed by atoms with Crippen molar-refractivity contribution in [3.8, 4) is 11.8 Å². The Morgan fingerprint density at radius 1 is 1.30 bits per heavy atom. The van der Waals surface area contributed by atoms with Crippen molar-refractivity contribution in [1.82, 2.24) is 5.32 Å². The number of nitrogens with one attached hydrogen (secondary N) is 1. The molecule has 20 heavy (non-hydrogen) atoms. The lowest BCUT2D eigenvalue weighted by atomic mass is 9.96. The fourth-order valence-corrected chi connectivity index (χ4v) is 2.57. The molecule has 0 aliphatic heterocycles. The van der Waals surface area contributed by atoms with E-state index in [4.69, 9.17) is 4.74 Å². The Balaban J connectivity index is 1.71. The van der Waals surface area contributed by atoms with E-state index in [1.54, 1.807) is 0 Å². The van der Waals surface area contributed by atoms with Gasteiger partial charge in [0.25, 0.3) is 0 Å². The zero-order valence-electron chi connectivity index (χ0n) is 11.5. The molecule has 0 aromatic heterocycles. The number of ether oxygens (including phenoxy) is 1. The van der Waals surface area contributed by atoms with Gasteiger partial charge in [-0.3, -0.25) is 5.32 Å². The van der Waals surface area contributed by atoms with Crippen molar-refractivity contribution in [1.29, 1.82) is 5.26 Å². The number of benzene rings is 1. The molecule has 0 spiro atoms. The third kappa shape index (κ3) is 2.79. The minimum absolute atomic E-state index is 0.0464. The van der Waals surface area contributed by atoms with Crippen LogP contribution in [0.25, 0.3) is 0 Å². The second kappa shape index (κ2) is 5.43. The summed E-state index contributed by atoms with van der Waals surface area (Å²) in [6.07, 6.45) is 4.50. The number of hydrogen-bond donors (Lipinski definition) is 2.